The van der Waals surface area contributed by atoms with Crippen LogP contribution in [0, 0.1) is 0 Å². The average Bonchev–Trinajstić information content (AvgIpc) is 2.79. The van der Waals surface area contributed by atoms with E-state index in [1.165, 1.54) is 11.4 Å². The van der Waals surface area contributed by atoms with E-state index in [4.69, 9.17) is 0 Å². The molecule has 3 rings (SSSR count). The van der Waals surface area contributed by atoms with Crippen molar-refractivity contribution in [2.24, 2.45) is 0 Å². The lowest BCUT2D eigenvalue weighted by Gasteiger charge is -2.37. The Hall–Kier alpha value is -1.75. The van der Waals surface area contributed by atoms with E-state index in [2.05, 4.69) is 40.4 Å². The lowest BCUT2D eigenvalue weighted by atomic mass is 10.1. The van der Waals surface area contributed by atoms with Gasteiger partial charge in [-0.25, -0.2) is 0 Å². The minimum atomic E-state index is 0.248. The van der Waals surface area contributed by atoms with Gasteiger partial charge in [0.1, 0.15) is 0 Å². The number of nitrogens with zero attached hydrogens (tertiary/aromatic N) is 3. The first kappa shape index (κ1) is 14.2. The van der Waals surface area contributed by atoms with E-state index in [0.29, 0.717) is 6.54 Å². The van der Waals surface area contributed by atoms with Gasteiger partial charge >= 0.3 is 0 Å². The number of nitrogens with one attached hydrogen (secondary N) is 1. The highest BCUT2D eigenvalue weighted by Crippen LogP contribution is 2.31. The van der Waals surface area contributed by atoms with Crippen LogP contribution in [-0.2, 0) is 4.79 Å². The second kappa shape index (κ2) is 6.35. The van der Waals surface area contributed by atoms with Crippen molar-refractivity contribution in [3.8, 4) is 0 Å². The van der Waals surface area contributed by atoms with Gasteiger partial charge in [-0.2, -0.15) is 0 Å². The molecular weight excluding hydrogens is 264 g/mol. The molecule has 1 amide bonds. The van der Waals surface area contributed by atoms with Crippen molar-refractivity contribution in [2.75, 3.05) is 62.7 Å². The van der Waals surface area contributed by atoms with Gasteiger partial charge in [-0.1, -0.05) is 12.1 Å². The summed E-state index contributed by atoms with van der Waals surface area (Å²) in [7, 11) is 2.11. The van der Waals surface area contributed by atoms with Crippen molar-refractivity contribution in [3.63, 3.8) is 0 Å². The summed E-state index contributed by atoms with van der Waals surface area (Å²) in [6.45, 7) is 5.99. The van der Waals surface area contributed by atoms with Gasteiger partial charge in [-0.15, -0.1) is 0 Å². The Morgan fingerprint density at radius 1 is 1.10 bits per heavy atom. The van der Waals surface area contributed by atoms with Crippen LogP contribution in [0.5, 0.6) is 0 Å². The molecule has 1 N–H and O–H groups in total. The van der Waals surface area contributed by atoms with Crippen LogP contribution in [0.25, 0.3) is 0 Å². The van der Waals surface area contributed by atoms with Gasteiger partial charge in [0.25, 0.3) is 0 Å². The van der Waals surface area contributed by atoms with Gasteiger partial charge in [0.05, 0.1) is 17.9 Å². The number of likely N-dealkylation sites (N-methyl/N-ethyl adjacent to an activating group) is 1. The molecule has 1 saturated heterocycles. The van der Waals surface area contributed by atoms with Crippen LogP contribution in [-0.4, -0.2) is 63.7 Å². The molecule has 1 fully saturated rings. The summed E-state index contributed by atoms with van der Waals surface area (Å²) in [5.41, 5.74) is 2.39. The first-order valence-corrected chi connectivity index (χ1v) is 7.79. The van der Waals surface area contributed by atoms with E-state index >= 15 is 0 Å². The summed E-state index contributed by atoms with van der Waals surface area (Å²) >= 11 is 0. The Labute approximate surface area is 126 Å². The number of carbonyl (C=O) groups is 1. The van der Waals surface area contributed by atoms with E-state index in [-0.39, 0.29) is 5.91 Å². The molecule has 114 valence electrons. The fourth-order valence-corrected chi connectivity index (χ4v) is 3.09. The lowest BCUT2D eigenvalue weighted by molar-refractivity contribution is -0.129. The van der Waals surface area contributed by atoms with E-state index in [1.807, 2.05) is 11.0 Å². The number of amides is 1. The maximum absolute atomic E-state index is 12.6. The molecule has 0 radical (unpaired) electrons. The topological polar surface area (TPSA) is 38.8 Å². The van der Waals surface area contributed by atoms with Crippen molar-refractivity contribution in [2.45, 2.75) is 6.42 Å². The molecule has 21 heavy (non-hydrogen) atoms. The Morgan fingerprint density at radius 2 is 1.90 bits per heavy atom. The van der Waals surface area contributed by atoms with Gasteiger partial charge in [0.15, 0.2) is 0 Å². The van der Waals surface area contributed by atoms with Gasteiger partial charge in [-0.05, 0) is 25.1 Å². The summed E-state index contributed by atoms with van der Waals surface area (Å²) in [6, 6.07) is 8.34. The minimum Gasteiger partial charge on any atom is -0.371 e. The van der Waals surface area contributed by atoms with Gasteiger partial charge in [-0.3, -0.25) is 4.79 Å². The molecule has 2 heterocycles. The monoisotopic (exact) mass is 288 g/mol. The Morgan fingerprint density at radius 3 is 2.76 bits per heavy atom. The number of hydrogen-bond acceptors (Lipinski definition) is 4. The van der Waals surface area contributed by atoms with E-state index in [0.717, 1.165) is 45.7 Å². The highest BCUT2D eigenvalue weighted by molar-refractivity contribution is 5.84. The molecule has 0 bridgehead atoms. The molecule has 0 saturated carbocycles. The van der Waals surface area contributed by atoms with Crippen LogP contribution in [0.15, 0.2) is 24.3 Å². The molecular formula is C16H24N4O. The van der Waals surface area contributed by atoms with Crippen LogP contribution >= 0.6 is 0 Å². The molecule has 0 aromatic heterocycles. The standard InChI is InChI=1S/C16H24N4O/c1-18-11-12-20(15-6-3-2-5-14(15)18)13-16(21)19-9-4-7-17-8-10-19/h2-3,5-6,17H,4,7-13H2,1H3. The molecule has 1 aromatic rings. The molecule has 0 aliphatic carbocycles. The maximum Gasteiger partial charge on any atom is 0.242 e. The zero-order valence-electron chi connectivity index (χ0n) is 12.7. The zero-order valence-corrected chi connectivity index (χ0v) is 12.7. The molecule has 0 spiro atoms. The van der Waals surface area contributed by atoms with Crippen molar-refractivity contribution in [1.29, 1.82) is 0 Å². The van der Waals surface area contributed by atoms with Crippen LogP contribution in [0.2, 0.25) is 0 Å². The fourth-order valence-electron chi connectivity index (χ4n) is 3.09. The van der Waals surface area contributed by atoms with E-state index in [1.54, 1.807) is 0 Å². The predicted octanol–water partition coefficient (Wildman–Crippen LogP) is 0.765. The third-order valence-corrected chi connectivity index (χ3v) is 4.36. The normalized spacial score (nSPS) is 19.2. The third-order valence-electron chi connectivity index (χ3n) is 4.36. The third kappa shape index (κ3) is 3.13. The molecule has 5 heteroatoms. The van der Waals surface area contributed by atoms with Gasteiger partial charge in [0.2, 0.25) is 5.91 Å². The molecule has 1 aromatic carbocycles. The number of carbonyl (C=O) groups excluding carboxylic acids is 1. The Balaban J connectivity index is 1.70. The predicted molar refractivity (Wildman–Crippen MR) is 86.0 cm³/mol. The second-order valence-corrected chi connectivity index (χ2v) is 5.82. The maximum atomic E-state index is 12.6. The van der Waals surface area contributed by atoms with E-state index < -0.39 is 0 Å². The first-order valence-electron chi connectivity index (χ1n) is 7.79. The Bertz CT molecular complexity index is 497. The largest absolute Gasteiger partial charge is 0.371 e. The van der Waals surface area contributed by atoms with Crippen LogP contribution in [0.4, 0.5) is 11.4 Å². The SMILES string of the molecule is CN1CCN(CC(=O)N2CCCNCC2)c2ccccc21. The Kier molecular flexibility index (Phi) is 4.29. The van der Waals surface area contributed by atoms with Crippen LogP contribution in [0.3, 0.4) is 0 Å². The first-order chi connectivity index (χ1) is 10.3. The summed E-state index contributed by atoms with van der Waals surface area (Å²) in [4.78, 5) is 19.0. The number of rotatable bonds is 2. The molecule has 5 nitrogen and oxygen atoms in total. The fraction of sp³-hybridized carbons (Fsp3) is 0.562. The number of benzene rings is 1. The minimum absolute atomic E-state index is 0.248. The van der Waals surface area contributed by atoms with Gasteiger partial charge in [0, 0.05) is 39.8 Å². The summed E-state index contributed by atoms with van der Waals surface area (Å²) in [5, 5.41) is 3.34. The quantitative estimate of drug-likeness (QED) is 0.872. The van der Waals surface area contributed by atoms with Crippen molar-refractivity contribution in [3.05, 3.63) is 24.3 Å². The molecule has 0 unspecified atom stereocenters. The zero-order chi connectivity index (χ0) is 14.7. The number of para-hydroxylation sites is 2. The van der Waals surface area contributed by atoms with Crippen LogP contribution in [0.1, 0.15) is 6.42 Å². The van der Waals surface area contributed by atoms with Crippen molar-refractivity contribution < 1.29 is 4.79 Å². The molecule has 2 aliphatic rings. The van der Waals surface area contributed by atoms with Crippen molar-refractivity contribution in [1.82, 2.24) is 10.2 Å². The van der Waals surface area contributed by atoms with Gasteiger partial charge < -0.3 is 20.0 Å². The summed E-state index contributed by atoms with van der Waals surface area (Å²) in [6.07, 6.45) is 1.05. The number of fused-ring (bicyclic) bond motifs is 1. The van der Waals surface area contributed by atoms with Crippen LogP contribution < -0.4 is 15.1 Å². The molecule has 0 atom stereocenters. The molecule has 2 aliphatic heterocycles. The number of anilines is 2. The number of hydrogen-bond donors (Lipinski definition) is 1. The van der Waals surface area contributed by atoms with E-state index in [9.17, 15) is 4.79 Å². The summed E-state index contributed by atoms with van der Waals surface area (Å²) < 4.78 is 0. The second-order valence-electron chi connectivity index (χ2n) is 5.82. The highest BCUT2D eigenvalue weighted by atomic mass is 16.2. The summed E-state index contributed by atoms with van der Waals surface area (Å²) in [5.74, 6) is 0.248. The highest BCUT2D eigenvalue weighted by Gasteiger charge is 2.24. The smallest absolute Gasteiger partial charge is 0.242 e. The average molecular weight is 288 g/mol. The van der Waals surface area contributed by atoms with Crippen molar-refractivity contribution >= 4 is 17.3 Å². The lowest BCUT2D eigenvalue weighted by Crippen LogP contribution is -2.46.